The van der Waals surface area contributed by atoms with Crippen molar-refractivity contribution in [3.8, 4) is 0 Å². The van der Waals surface area contributed by atoms with E-state index < -0.39 is 53.5 Å². The molecule has 13 heteroatoms. The number of aromatic nitrogens is 2. The highest BCUT2D eigenvalue weighted by molar-refractivity contribution is 7.32. The number of amides is 1. The fraction of sp³-hybridized carbons (Fsp3) is 0.500. The molecule has 3 heterocycles. The molecule has 200 valence electrons. The van der Waals surface area contributed by atoms with Crippen LogP contribution in [0.4, 0.5) is 11.5 Å². The Hall–Kier alpha value is -2.31. The van der Waals surface area contributed by atoms with E-state index in [-0.39, 0.29) is 16.8 Å². The number of carbonyl (C=O) groups excluding carboxylic acids is 1. The Bertz CT molecular complexity index is 1190. The predicted molar refractivity (Wildman–Crippen MR) is 141 cm³/mol. The normalized spacial score (nSPS) is 26.2. The van der Waals surface area contributed by atoms with Gasteiger partial charge in [0, 0.05) is 11.8 Å². The van der Waals surface area contributed by atoms with Crippen LogP contribution in [0.1, 0.15) is 42.7 Å². The number of carbonyl (C=O) groups is 1. The van der Waals surface area contributed by atoms with Gasteiger partial charge in [-0.15, -0.1) is 0 Å². The van der Waals surface area contributed by atoms with Crippen LogP contribution in [0.5, 0.6) is 0 Å². The van der Waals surface area contributed by atoms with Crippen LogP contribution in [-0.4, -0.2) is 71.4 Å². The van der Waals surface area contributed by atoms with Gasteiger partial charge < -0.3 is 29.0 Å². The molecule has 0 spiro atoms. The lowest BCUT2D eigenvalue weighted by molar-refractivity contribution is -0.0198. The number of nitrogens with zero attached hydrogens (tertiary/aromatic N) is 3. The molecule has 2 aliphatic rings. The summed E-state index contributed by atoms with van der Waals surface area (Å²) in [5.74, 6) is -0.605. The zero-order valence-corrected chi connectivity index (χ0v) is 23.4. The minimum Gasteiger partial charge on any atom is -0.408 e. The summed E-state index contributed by atoms with van der Waals surface area (Å²) in [6.07, 6.45) is -0.337. The molecular formula is C24H33N4O7PSi. The Labute approximate surface area is 217 Å². The molecule has 0 saturated carbocycles. The molecule has 1 saturated heterocycles. The van der Waals surface area contributed by atoms with E-state index in [1.807, 2.05) is 6.07 Å². The third kappa shape index (κ3) is 5.75. The first-order chi connectivity index (χ1) is 17.4. The molecule has 37 heavy (non-hydrogen) atoms. The summed E-state index contributed by atoms with van der Waals surface area (Å²) < 4.78 is 29.9. The molecule has 2 unspecified atom stereocenters. The molecule has 11 nitrogen and oxygen atoms in total. The second-order valence-electron chi connectivity index (χ2n) is 10.6. The highest BCUT2D eigenvalue weighted by atomic mass is 31.1. The van der Waals surface area contributed by atoms with E-state index in [4.69, 9.17) is 13.7 Å². The molecule has 1 aromatic heterocycles. The number of anilines is 1. The molecule has 3 N–H and O–H groups in total. The van der Waals surface area contributed by atoms with Crippen LogP contribution in [0.15, 0.2) is 41.7 Å². The van der Waals surface area contributed by atoms with E-state index in [9.17, 15) is 19.4 Å². The van der Waals surface area contributed by atoms with Crippen LogP contribution in [0.25, 0.3) is 0 Å². The molecule has 1 amide bonds. The van der Waals surface area contributed by atoms with Gasteiger partial charge in [0.15, 0.2) is 14.1 Å². The lowest BCUT2D eigenvalue weighted by Gasteiger charge is -2.41. The van der Waals surface area contributed by atoms with E-state index in [0.29, 0.717) is 16.9 Å². The van der Waals surface area contributed by atoms with Crippen molar-refractivity contribution in [2.45, 2.75) is 69.2 Å². The number of rotatable bonds is 8. The van der Waals surface area contributed by atoms with Crippen LogP contribution in [0, 0.1) is 0 Å². The fourth-order valence-electron chi connectivity index (χ4n) is 4.19. The lowest BCUT2D eigenvalue weighted by atomic mass is 9.94. The van der Waals surface area contributed by atoms with E-state index in [0.717, 1.165) is 0 Å². The molecule has 0 aliphatic carbocycles. The standard InChI is InChI=1S/C24H33N4O7PSi/c1-24(2,3)37(4,5)35-21-19(33-16(12-29)20(21)34-36(31)32)15-11-25-18-17(15)26-13-27-22(18)28-23(30)14-9-7-6-8-10-14/h6-11,13,15-16,19-21,29,36H,12H2,1-5H3,(H,31,32)(H,26,27,28,30)/t15?,16-,19+,20-,21+/m1/s1. The zero-order chi connectivity index (χ0) is 27.0. The molecular weight excluding hydrogens is 515 g/mol. The van der Waals surface area contributed by atoms with Gasteiger partial charge in [0.05, 0.1) is 24.3 Å². The Morgan fingerprint density at radius 3 is 2.51 bits per heavy atom. The topological polar surface area (TPSA) is 152 Å². The van der Waals surface area contributed by atoms with Gasteiger partial charge in [-0.2, -0.15) is 0 Å². The van der Waals surface area contributed by atoms with Gasteiger partial charge in [-0.3, -0.25) is 14.4 Å². The van der Waals surface area contributed by atoms with Crippen LogP contribution in [-0.2, 0) is 18.3 Å². The molecule has 6 atom stereocenters. The predicted octanol–water partition coefficient (Wildman–Crippen LogP) is 3.45. The van der Waals surface area contributed by atoms with Crippen molar-refractivity contribution in [2.75, 3.05) is 11.9 Å². The Balaban J connectivity index is 1.66. The van der Waals surface area contributed by atoms with Crippen molar-refractivity contribution in [1.82, 2.24) is 9.97 Å². The molecule has 2 aliphatic heterocycles. The van der Waals surface area contributed by atoms with Gasteiger partial charge in [-0.1, -0.05) is 39.0 Å². The molecule has 1 fully saturated rings. The number of hydrogen-bond acceptors (Lipinski definition) is 9. The van der Waals surface area contributed by atoms with Gasteiger partial charge in [0.25, 0.3) is 5.91 Å². The lowest BCUT2D eigenvalue weighted by Crippen LogP contribution is -2.50. The maximum atomic E-state index is 12.7. The van der Waals surface area contributed by atoms with E-state index in [2.05, 4.69) is 54.1 Å². The Morgan fingerprint density at radius 1 is 1.19 bits per heavy atom. The fourth-order valence-corrected chi connectivity index (χ4v) is 6.01. The SMILES string of the molecule is CC(C)(C)[Si](C)(C)O[C@@H]1[C@H](O[PH](=O)O)[C@@H](CO)O[C@H]1C1C=Nc2c(NC(=O)c3ccccc3)ncnc21. The van der Waals surface area contributed by atoms with Gasteiger partial charge in [0.1, 0.15) is 30.3 Å². The smallest absolute Gasteiger partial charge is 0.317 e. The van der Waals surface area contributed by atoms with Crippen LogP contribution >= 0.6 is 8.25 Å². The average Bonchev–Trinajstić information content (AvgIpc) is 3.40. The maximum Gasteiger partial charge on any atom is 0.317 e. The van der Waals surface area contributed by atoms with Crippen molar-refractivity contribution in [1.29, 1.82) is 0 Å². The monoisotopic (exact) mass is 548 g/mol. The summed E-state index contributed by atoms with van der Waals surface area (Å²) in [5, 5.41) is 12.6. The first-order valence-electron chi connectivity index (χ1n) is 12.0. The van der Waals surface area contributed by atoms with Crippen molar-refractivity contribution in [3.05, 3.63) is 47.9 Å². The number of hydrogen-bond donors (Lipinski definition) is 3. The van der Waals surface area contributed by atoms with Gasteiger partial charge in [0.2, 0.25) is 0 Å². The highest BCUT2D eigenvalue weighted by Gasteiger charge is 2.54. The minimum atomic E-state index is -3.35. The maximum absolute atomic E-state index is 12.7. The van der Waals surface area contributed by atoms with Crippen LogP contribution in [0.3, 0.4) is 0 Å². The van der Waals surface area contributed by atoms with Gasteiger partial charge in [-0.05, 0) is 30.3 Å². The second-order valence-corrected chi connectivity index (χ2v) is 16.1. The first-order valence-corrected chi connectivity index (χ1v) is 16.2. The second kappa shape index (κ2) is 10.8. The quantitative estimate of drug-likeness (QED) is 0.333. The van der Waals surface area contributed by atoms with E-state index in [1.165, 1.54) is 6.33 Å². The summed E-state index contributed by atoms with van der Waals surface area (Å²) in [6, 6.07) is 8.75. The number of aliphatic hydroxyl groups excluding tert-OH is 1. The summed E-state index contributed by atoms with van der Waals surface area (Å²) in [4.78, 5) is 35.4. The van der Waals surface area contributed by atoms with Crippen molar-refractivity contribution in [3.63, 3.8) is 0 Å². The Kier molecular flexibility index (Phi) is 8.10. The van der Waals surface area contributed by atoms with Crippen molar-refractivity contribution >= 4 is 40.2 Å². The van der Waals surface area contributed by atoms with Crippen LogP contribution in [0.2, 0.25) is 18.1 Å². The molecule has 2 aromatic rings. The van der Waals surface area contributed by atoms with Crippen molar-refractivity contribution in [2.24, 2.45) is 4.99 Å². The number of fused-ring (bicyclic) bond motifs is 1. The third-order valence-corrected chi connectivity index (χ3v) is 12.1. The number of aliphatic imine (C=N–C) groups is 1. The largest absolute Gasteiger partial charge is 0.408 e. The minimum absolute atomic E-state index is 0.164. The highest BCUT2D eigenvalue weighted by Crippen LogP contribution is 2.46. The van der Waals surface area contributed by atoms with Gasteiger partial charge in [-0.25, -0.2) is 9.97 Å². The number of ether oxygens (including phenoxy) is 1. The summed E-state index contributed by atoms with van der Waals surface area (Å²) in [6.45, 7) is 9.95. The van der Waals surface area contributed by atoms with Crippen molar-refractivity contribution < 1.29 is 33.0 Å². The summed E-state index contributed by atoms with van der Waals surface area (Å²) in [7, 11) is -5.75. The van der Waals surface area contributed by atoms with E-state index in [1.54, 1.807) is 30.5 Å². The van der Waals surface area contributed by atoms with Crippen LogP contribution < -0.4 is 5.32 Å². The number of nitrogens with one attached hydrogen (secondary N) is 1. The zero-order valence-electron chi connectivity index (χ0n) is 21.4. The summed E-state index contributed by atoms with van der Waals surface area (Å²) >= 11 is 0. The van der Waals surface area contributed by atoms with E-state index >= 15 is 0 Å². The number of aliphatic hydroxyl groups is 1. The third-order valence-electron chi connectivity index (χ3n) is 7.15. The number of benzene rings is 1. The Morgan fingerprint density at radius 2 is 1.89 bits per heavy atom. The molecule has 0 bridgehead atoms. The first kappa shape index (κ1) is 27.7. The molecule has 1 aromatic carbocycles. The molecule has 4 rings (SSSR count). The van der Waals surface area contributed by atoms with Gasteiger partial charge >= 0.3 is 8.25 Å². The average molecular weight is 549 g/mol. The molecule has 0 radical (unpaired) electrons. The summed E-state index contributed by atoms with van der Waals surface area (Å²) in [5.41, 5.74) is 1.38.